The number of fused-ring (bicyclic) bond motifs is 1. The number of urea groups is 1. The van der Waals surface area contributed by atoms with Crippen LogP contribution in [0.2, 0.25) is 0 Å². The minimum absolute atomic E-state index is 0.0712. The predicted octanol–water partition coefficient (Wildman–Crippen LogP) is 4.57. The summed E-state index contributed by atoms with van der Waals surface area (Å²) in [7, 11) is -3.58. The van der Waals surface area contributed by atoms with Crippen molar-refractivity contribution in [1.29, 1.82) is 0 Å². The van der Waals surface area contributed by atoms with Gasteiger partial charge in [-0.15, -0.1) is 6.58 Å². The molecule has 4 saturated carbocycles. The number of hydrogen-bond acceptors (Lipinski definition) is 7. The molecule has 0 aromatic heterocycles. The number of likely N-dealkylation sites (tertiary alicyclic amines) is 1. The molecule has 5 aliphatic rings. The Hall–Kier alpha value is -2.96. The Labute approximate surface area is 317 Å². The van der Waals surface area contributed by atoms with Gasteiger partial charge in [-0.05, 0) is 81.0 Å². The van der Waals surface area contributed by atoms with Crippen molar-refractivity contribution in [3.8, 4) is 0 Å². The van der Waals surface area contributed by atoms with Gasteiger partial charge in [-0.2, -0.15) is 0 Å². The van der Waals surface area contributed by atoms with Gasteiger partial charge in [-0.3, -0.25) is 19.2 Å². The highest BCUT2D eigenvalue weighted by molar-refractivity contribution is 7.92. The van der Waals surface area contributed by atoms with Gasteiger partial charge < -0.3 is 26.2 Å². The molecule has 4 N–H and O–H groups in total. The zero-order valence-corrected chi connectivity index (χ0v) is 33.8. The Morgan fingerprint density at radius 2 is 1.53 bits per heavy atom. The normalized spacial score (nSPS) is 27.0. The lowest BCUT2D eigenvalue weighted by Gasteiger charge is -2.44. The van der Waals surface area contributed by atoms with Crippen LogP contribution in [-0.4, -0.2) is 90.1 Å². The molecule has 4 aliphatic carbocycles. The third kappa shape index (κ3) is 8.80. The van der Waals surface area contributed by atoms with E-state index in [-0.39, 0.29) is 41.4 Å². The van der Waals surface area contributed by atoms with E-state index in [0.29, 0.717) is 45.1 Å². The Bertz CT molecular complexity index is 1540. The monoisotopic (exact) mass is 759 g/mol. The SMILES string of the molecule is C=CCNC(=O)C(=O)C(CC1CC1)NC(=O)[C@@H]1C2C(CN1C(=O)[C@@H](NC(=O)NC1(CS(=O)(=O)C(C)(C)CC)CCCCC1)C1(C)CCCCC1)C2(C)C. The van der Waals surface area contributed by atoms with Crippen LogP contribution < -0.4 is 21.3 Å². The van der Waals surface area contributed by atoms with Crippen LogP contribution in [0.15, 0.2) is 12.7 Å². The van der Waals surface area contributed by atoms with Gasteiger partial charge in [0.15, 0.2) is 9.84 Å². The number of sulfone groups is 1. The lowest BCUT2D eigenvalue weighted by atomic mass is 9.70. The summed E-state index contributed by atoms with van der Waals surface area (Å²) < 4.78 is 26.4. The van der Waals surface area contributed by atoms with E-state index in [2.05, 4.69) is 41.7 Å². The second-order valence-corrected chi connectivity index (χ2v) is 21.1. The van der Waals surface area contributed by atoms with Crippen LogP contribution in [0.1, 0.15) is 131 Å². The van der Waals surface area contributed by atoms with Crippen molar-refractivity contribution in [2.24, 2.45) is 28.6 Å². The van der Waals surface area contributed by atoms with E-state index in [1.807, 2.05) is 13.8 Å². The van der Waals surface area contributed by atoms with E-state index in [1.54, 1.807) is 18.7 Å². The molecule has 13 heteroatoms. The van der Waals surface area contributed by atoms with Crippen molar-refractivity contribution in [3.05, 3.63) is 12.7 Å². The predicted molar refractivity (Wildman–Crippen MR) is 204 cm³/mol. The molecule has 5 atom stereocenters. The van der Waals surface area contributed by atoms with Crippen LogP contribution in [0, 0.1) is 28.6 Å². The van der Waals surface area contributed by atoms with Crippen LogP contribution in [0.4, 0.5) is 4.79 Å². The number of carbonyl (C=O) groups is 5. The van der Waals surface area contributed by atoms with Crippen LogP contribution in [0.25, 0.3) is 0 Å². The quantitative estimate of drug-likeness (QED) is 0.132. The minimum atomic E-state index is -3.58. The molecule has 5 rings (SSSR count). The smallest absolute Gasteiger partial charge is 0.315 e. The summed E-state index contributed by atoms with van der Waals surface area (Å²) in [6, 6.07) is -3.38. The summed E-state index contributed by atoms with van der Waals surface area (Å²) >= 11 is 0. The average Bonchev–Trinajstić information content (AvgIpc) is 3.96. The first-order valence-electron chi connectivity index (χ1n) is 20.2. The first-order valence-corrected chi connectivity index (χ1v) is 21.8. The second kappa shape index (κ2) is 15.6. The Morgan fingerprint density at radius 3 is 2.09 bits per heavy atom. The number of rotatable bonds is 16. The highest BCUT2D eigenvalue weighted by atomic mass is 32.2. The van der Waals surface area contributed by atoms with Gasteiger partial charge in [-0.1, -0.05) is 85.1 Å². The van der Waals surface area contributed by atoms with E-state index < -0.39 is 67.3 Å². The number of Topliss-reactive ketones (excluding diaryl/α,β-unsaturated/α-hetero) is 1. The van der Waals surface area contributed by atoms with E-state index >= 15 is 0 Å². The zero-order valence-electron chi connectivity index (χ0n) is 33.0. The number of hydrogen-bond donors (Lipinski definition) is 4. The number of ketones is 1. The molecule has 3 unspecified atom stereocenters. The van der Waals surface area contributed by atoms with Crippen LogP contribution in [-0.2, 0) is 29.0 Å². The zero-order chi connectivity index (χ0) is 39.0. The number of nitrogens with one attached hydrogen (secondary N) is 4. The van der Waals surface area contributed by atoms with E-state index in [1.165, 1.54) is 6.08 Å². The molecule has 0 spiro atoms. The Morgan fingerprint density at radius 1 is 0.925 bits per heavy atom. The van der Waals surface area contributed by atoms with Gasteiger partial charge in [0.25, 0.3) is 5.91 Å². The standard InChI is InChI=1S/C40H65N5O7S/c1-8-22-41-34(48)31(46)28(23-26-16-17-26)42-33(47)30-29-27(38(29,5)6)24-45(30)35(49)32(39(7)18-12-10-13-19-39)43-36(50)44-40(20-14-11-15-21-40)25-53(51,52)37(3,4)9-2/h8,26-30,32H,1,9-25H2,2-7H3,(H,41,48)(H,42,47)(H2,43,44,50)/t27?,28?,29?,30-,32+/m0/s1. The van der Waals surface area contributed by atoms with Gasteiger partial charge in [-0.25, -0.2) is 13.2 Å². The van der Waals surface area contributed by atoms with E-state index in [9.17, 15) is 32.4 Å². The van der Waals surface area contributed by atoms with Crippen molar-refractivity contribution in [2.45, 2.75) is 160 Å². The molecule has 0 aromatic rings. The topological polar surface area (TPSA) is 171 Å². The highest BCUT2D eigenvalue weighted by Crippen LogP contribution is 2.65. The fourth-order valence-electron chi connectivity index (χ4n) is 9.47. The van der Waals surface area contributed by atoms with Gasteiger partial charge in [0, 0.05) is 13.1 Å². The van der Waals surface area contributed by atoms with Gasteiger partial charge in [0.05, 0.1) is 22.1 Å². The summed E-state index contributed by atoms with van der Waals surface area (Å²) in [6.45, 7) is 15.6. The third-order valence-corrected chi connectivity index (χ3v) is 16.8. The number of amides is 5. The van der Waals surface area contributed by atoms with Gasteiger partial charge >= 0.3 is 6.03 Å². The molecule has 0 radical (unpaired) electrons. The molecule has 5 amide bonds. The fourth-order valence-corrected chi connectivity index (χ4v) is 11.4. The number of nitrogens with zero attached hydrogens (tertiary/aromatic N) is 1. The maximum Gasteiger partial charge on any atom is 0.315 e. The number of carbonyl (C=O) groups excluding carboxylic acids is 5. The molecule has 1 heterocycles. The Balaban J connectivity index is 1.40. The van der Waals surface area contributed by atoms with E-state index in [4.69, 9.17) is 0 Å². The second-order valence-electron chi connectivity index (χ2n) is 18.5. The minimum Gasteiger partial charge on any atom is -0.346 e. The third-order valence-electron chi connectivity index (χ3n) is 13.9. The summed E-state index contributed by atoms with van der Waals surface area (Å²) in [4.78, 5) is 71.0. The lowest BCUT2D eigenvalue weighted by molar-refractivity contribution is -0.146. The summed E-state index contributed by atoms with van der Waals surface area (Å²) in [5, 5.41) is 11.6. The first-order chi connectivity index (χ1) is 24.8. The van der Waals surface area contributed by atoms with Gasteiger partial charge in [0.2, 0.25) is 17.6 Å². The van der Waals surface area contributed by atoms with Crippen molar-refractivity contribution < 1.29 is 32.4 Å². The Kier molecular flexibility index (Phi) is 12.2. The van der Waals surface area contributed by atoms with Crippen molar-refractivity contribution in [3.63, 3.8) is 0 Å². The molecule has 298 valence electrons. The van der Waals surface area contributed by atoms with Crippen molar-refractivity contribution in [2.75, 3.05) is 18.8 Å². The molecule has 0 aromatic carbocycles. The molecule has 12 nitrogen and oxygen atoms in total. The molecule has 1 saturated heterocycles. The molecule has 1 aliphatic heterocycles. The molecular formula is C40H65N5O7S. The van der Waals surface area contributed by atoms with Crippen LogP contribution in [0.3, 0.4) is 0 Å². The molecular weight excluding hydrogens is 695 g/mol. The highest BCUT2D eigenvalue weighted by Gasteiger charge is 2.70. The molecule has 5 fully saturated rings. The first kappa shape index (κ1) is 41.2. The molecule has 53 heavy (non-hydrogen) atoms. The maximum absolute atomic E-state index is 14.9. The fraction of sp³-hybridized carbons (Fsp3) is 0.825. The largest absolute Gasteiger partial charge is 0.346 e. The lowest BCUT2D eigenvalue weighted by Crippen LogP contribution is -2.65. The van der Waals surface area contributed by atoms with Gasteiger partial charge in [0.1, 0.15) is 12.1 Å². The van der Waals surface area contributed by atoms with Crippen LogP contribution in [0.5, 0.6) is 0 Å². The average molecular weight is 760 g/mol. The molecule has 0 bridgehead atoms. The van der Waals surface area contributed by atoms with Crippen molar-refractivity contribution in [1.82, 2.24) is 26.2 Å². The van der Waals surface area contributed by atoms with E-state index in [0.717, 1.165) is 51.4 Å². The van der Waals surface area contributed by atoms with Crippen molar-refractivity contribution >= 4 is 39.4 Å². The van der Waals surface area contributed by atoms with Crippen LogP contribution >= 0.6 is 0 Å². The number of piperidine rings is 1. The summed E-state index contributed by atoms with van der Waals surface area (Å²) in [6.07, 6.45) is 12.0. The summed E-state index contributed by atoms with van der Waals surface area (Å²) in [5.41, 5.74) is -1.73. The summed E-state index contributed by atoms with van der Waals surface area (Å²) in [5.74, 6) is -2.25. The maximum atomic E-state index is 14.9.